The van der Waals surface area contributed by atoms with Crippen LogP contribution in [-0.2, 0) is 23.9 Å². The molecule has 5 amide bonds. The maximum Gasteiger partial charge on any atom is 0.407 e. The van der Waals surface area contributed by atoms with Crippen molar-refractivity contribution >= 4 is 35.7 Å². The van der Waals surface area contributed by atoms with Crippen molar-refractivity contribution in [1.82, 2.24) is 35.1 Å². The standard InChI is InChI=1S/C34H45N7O9/c1-23(42)49-20-6-5-13-26(33(46)38-16-18-39(19-17-38)34(47)48)36-31(44)27-21-30(41(37-27)25-11-3-2-4-12-25)50-22-29(43)40-15-8-14-28(40)32(45)35-24-9-7-10-24/h2-4,11-12,21,24,26,28H,5-10,13-20,22H2,1H3,(H,35,45)(H,36,44)(H,47,48)/t26-,28-/m0/s1. The number of piperazine rings is 1. The molecule has 0 bridgehead atoms. The third-order valence-electron chi connectivity index (χ3n) is 9.24. The lowest BCUT2D eigenvalue weighted by atomic mass is 9.93. The summed E-state index contributed by atoms with van der Waals surface area (Å²) < 4.78 is 12.4. The van der Waals surface area contributed by atoms with Crippen LogP contribution in [0.15, 0.2) is 36.4 Å². The maximum absolute atomic E-state index is 13.7. The van der Waals surface area contributed by atoms with Crippen molar-refractivity contribution in [2.75, 3.05) is 45.9 Å². The Bertz CT molecular complexity index is 1540. The summed E-state index contributed by atoms with van der Waals surface area (Å²) >= 11 is 0. The van der Waals surface area contributed by atoms with Crippen LogP contribution in [0.3, 0.4) is 0 Å². The van der Waals surface area contributed by atoms with Crippen molar-refractivity contribution in [3.05, 3.63) is 42.1 Å². The summed E-state index contributed by atoms with van der Waals surface area (Å²) in [5.41, 5.74) is 0.519. The van der Waals surface area contributed by atoms with Crippen molar-refractivity contribution in [1.29, 1.82) is 0 Å². The van der Waals surface area contributed by atoms with Crippen LogP contribution in [0.5, 0.6) is 5.88 Å². The van der Waals surface area contributed by atoms with E-state index in [4.69, 9.17) is 9.47 Å². The smallest absolute Gasteiger partial charge is 0.407 e. The second-order valence-corrected chi connectivity index (χ2v) is 12.7. The predicted molar refractivity (Wildman–Crippen MR) is 177 cm³/mol. The molecule has 16 heteroatoms. The van der Waals surface area contributed by atoms with E-state index in [0.29, 0.717) is 37.9 Å². The number of aromatic nitrogens is 2. The lowest BCUT2D eigenvalue weighted by Gasteiger charge is -2.35. The summed E-state index contributed by atoms with van der Waals surface area (Å²) in [6.07, 6.45) is 4.39. The third kappa shape index (κ3) is 9.30. The van der Waals surface area contributed by atoms with Crippen LogP contribution in [0.2, 0.25) is 0 Å². The highest BCUT2D eigenvalue weighted by molar-refractivity contribution is 5.96. The fourth-order valence-corrected chi connectivity index (χ4v) is 6.23. The van der Waals surface area contributed by atoms with Crippen molar-refractivity contribution < 1.29 is 43.3 Å². The molecule has 3 N–H and O–H groups in total. The number of nitrogens with one attached hydrogen (secondary N) is 2. The second kappa shape index (κ2) is 17.0. The topological polar surface area (TPSA) is 193 Å². The van der Waals surface area contributed by atoms with Gasteiger partial charge >= 0.3 is 12.1 Å². The van der Waals surface area contributed by atoms with Crippen LogP contribution in [-0.4, -0.2) is 129 Å². The average molecular weight is 696 g/mol. The number of carboxylic acid groups (broad SMARTS) is 1. The molecule has 270 valence electrons. The zero-order valence-electron chi connectivity index (χ0n) is 28.3. The number of hydrogen-bond donors (Lipinski definition) is 3. The molecule has 2 aromatic rings. The molecule has 1 aromatic carbocycles. The first-order valence-electron chi connectivity index (χ1n) is 17.2. The molecule has 0 spiro atoms. The number of carbonyl (C=O) groups excluding carboxylic acids is 5. The van der Waals surface area contributed by atoms with Gasteiger partial charge < -0.3 is 39.9 Å². The minimum absolute atomic E-state index is 0.0522. The van der Waals surface area contributed by atoms with Gasteiger partial charge in [0.15, 0.2) is 12.3 Å². The molecule has 1 aliphatic carbocycles. The number of amides is 5. The zero-order valence-corrected chi connectivity index (χ0v) is 28.3. The molecule has 0 unspecified atom stereocenters. The molecule has 0 radical (unpaired) electrons. The van der Waals surface area contributed by atoms with Gasteiger partial charge in [-0.3, -0.25) is 24.0 Å². The van der Waals surface area contributed by atoms with Crippen molar-refractivity contribution in [3.8, 4) is 11.6 Å². The molecule has 5 rings (SSSR count). The fraction of sp³-hybridized carbons (Fsp3) is 0.559. The van der Waals surface area contributed by atoms with Crippen LogP contribution < -0.4 is 15.4 Å². The minimum Gasteiger partial charge on any atom is -0.467 e. The first kappa shape index (κ1) is 36.1. The van der Waals surface area contributed by atoms with Gasteiger partial charge in [-0.2, -0.15) is 5.10 Å². The second-order valence-electron chi connectivity index (χ2n) is 12.7. The van der Waals surface area contributed by atoms with E-state index < -0.39 is 30.1 Å². The number of carbonyl (C=O) groups is 6. The van der Waals surface area contributed by atoms with Crippen molar-refractivity contribution in [2.24, 2.45) is 0 Å². The summed E-state index contributed by atoms with van der Waals surface area (Å²) in [5, 5.41) is 19.6. The predicted octanol–water partition coefficient (Wildman–Crippen LogP) is 1.56. The van der Waals surface area contributed by atoms with E-state index in [2.05, 4.69) is 15.7 Å². The Morgan fingerprint density at radius 1 is 0.940 bits per heavy atom. The fourth-order valence-electron chi connectivity index (χ4n) is 6.23. The molecular weight excluding hydrogens is 650 g/mol. The molecule has 3 heterocycles. The van der Waals surface area contributed by atoms with Gasteiger partial charge in [-0.05, 0) is 63.5 Å². The number of benzene rings is 1. The molecule has 1 saturated carbocycles. The van der Waals surface area contributed by atoms with E-state index in [1.54, 1.807) is 29.2 Å². The Kier molecular flexibility index (Phi) is 12.3. The van der Waals surface area contributed by atoms with Gasteiger partial charge in [0.2, 0.25) is 17.7 Å². The van der Waals surface area contributed by atoms with Crippen LogP contribution in [0.1, 0.15) is 68.8 Å². The molecule has 3 fully saturated rings. The molecule has 2 aliphatic heterocycles. The Hall–Kier alpha value is -5.15. The Morgan fingerprint density at radius 3 is 2.32 bits per heavy atom. The Morgan fingerprint density at radius 2 is 1.66 bits per heavy atom. The summed E-state index contributed by atoms with van der Waals surface area (Å²) in [6.45, 7) is 2.21. The van der Waals surface area contributed by atoms with Gasteiger partial charge in [0, 0.05) is 51.8 Å². The number of likely N-dealkylation sites (tertiary alicyclic amines) is 1. The maximum atomic E-state index is 13.7. The highest BCUT2D eigenvalue weighted by Crippen LogP contribution is 2.24. The van der Waals surface area contributed by atoms with E-state index >= 15 is 0 Å². The largest absolute Gasteiger partial charge is 0.467 e. The van der Waals surface area contributed by atoms with E-state index in [0.717, 1.165) is 19.3 Å². The van der Waals surface area contributed by atoms with Gasteiger partial charge in [0.1, 0.15) is 12.1 Å². The van der Waals surface area contributed by atoms with Gasteiger partial charge in [-0.25, -0.2) is 9.48 Å². The highest BCUT2D eigenvalue weighted by atomic mass is 16.5. The molecule has 2 atom stereocenters. The molecule has 1 aromatic heterocycles. The average Bonchev–Trinajstić information content (AvgIpc) is 3.76. The van der Waals surface area contributed by atoms with Crippen LogP contribution >= 0.6 is 0 Å². The van der Waals surface area contributed by atoms with Crippen molar-refractivity contribution in [3.63, 3.8) is 0 Å². The summed E-state index contributed by atoms with van der Waals surface area (Å²) in [5.74, 6) is -1.80. The SMILES string of the molecule is CC(=O)OCCCC[C@H](NC(=O)c1cc(OCC(=O)N2CCC[C@H]2C(=O)NC2CCC2)n(-c2ccccc2)n1)C(=O)N1CCN(C(=O)O)CC1. The number of hydrogen-bond acceptors (Lipinski definition) is 9. The summed E-state index contributed by atoms with van der Waals surface area (Å²) in [6, 6.07) is 8.97. The number of rotatable bonds is 14. The first-order valence-corrected chi connectivity index (χ1v) is 17.2. The monoisotopic (exact) mass is 695 g/mol. The highest BCUT2D eigenvalue weighted by Gasteiger charge is 2.36. The van der Waals surface area contributed by atoms with Gasteiger partial charge in [-0.15, -0.1) is 0 Å². The van der Waals surface area contributed by atoms with Gasteiger partial charge in [0.05, 0.1) is 12.3 Å². The Labute approximate surface area is 290 Å². The van der Waals surface area contributed by atoms with Crippen LogP contribution in [0.4, 0.5) is 4.79 Å². The third-order valence-corrected chi connectivity index (χ3v) is 9.24. The lowest BCUT2D eigenvalue weighted by molar-refractivity contribution is -0.141. The van der Waals surface area contributed by atoms with E-state index in [1.165, 1.54) is 27.5 Å². The van der Waals surface area contributed by atoms with E-state index in [-0.39, 0.29) is 81.2 Å². The van der Waals surface area contributed by atoms with Crippen LogP contribution in [0.25, 0.3) is 5.69 Å². The van der Waals surface area contributed by atoms with Crippen LogP contribution in [0, 0.1) is 0 Å². The molecule has 16 nitrogen and oxygen atoms in total. The number of unbranched alkanes of at least 4 members (excludes halogenated alkanes) is 1. The number of esters is 1. The lowest BCUT2D eigenvalue weighted by Crippen LogP contribution is -2.55. The zero-order chi connectivity index (χ0) is 35.6. The first-order chi connectivity index (χ1) is 24.1. The van der Waals surface area contributed by atoms with E-state index in [9.17, 15) is 33.9 Å². The van der Waals surface area contributed by atoms with E-state index in [1.807, 2.05) is 6.07 Å². The number of para-hydroxylation sites is 1. The number of ether oxygens (including phenoxy) is 2. The minimum atomic E-state index is -1.06. The van der Waals surface area contributed by atoms with Crippen molar-refractivity contribution in [2.45, 2.75) is 76.4 Å². The molecule has 2 saturated heterocycles. The quantitative estimate of drug-likeness (QED) is 0.193. The number of nitrogens with zero attached hydrogens (tertiary/aromatic N) is 5. The normalized spacial score (nSPS) is 18.2. The Balaban J connectivity index is 1.28. The van der Waals surface area contributed by atoms with Gasteiger partial charge in [0.25, 0.3) is 11.8 Å². The summed E-state index contributed by atoms with van der Waals surface area (Å²) in [4.78, 5) is 80.3. The molecular formula is C34H45N7O9. The molecule has 50 heavy (non-hydrogen) atoms. The molecule has 3 aliphatic rings. The summed E-state index contributed by atoms with van der Waals surface area (Å²) in [7, 11) is 0. The van der Waals surface area contributed by atoms with Gasteiger partial charge in [-0.1, -0.05) is 18.2 Å².